The molecule has 2 N–H and O–H groups in total. The van der Waals surface area contributed by atoms with Gasteiger partial charge in [-0.15, -0.1) is 0 Å². The molecule has 0 radical (unpaired) electrons. The van der Waals surface area contributed by atoms with E-state index in [-0.39, 0.29) is 11.5 Å². The van der Waals surface area contributed by atoms with Crippen LogP contribution in [-0.2, 0) is 4.79 Å². The van der Waals surface area contributed by atoms with Gasteiger partial charge in [-0.3, -0.25) is 4.79 Å². The third kappa shape index (κ3) is 2.57. The second-order valence-electron chi connectivity index (χ2n) is 4.80. The fourth-order valence-corrected chi connectivity index (χ4v) is 2.17. The lowest BCUT2D eigenvalue weighted by atomic mass is 9.99. The summed E-state index contributed by atoms with van der Waals surface area (Å²) in [5.41, 5.74) is 0.562. The third-order valence-electron chi connectivity index (χ3n) is 3.39. The highest BCUT2D eigenvalue weighted by Crippen LogP contribution is 2.22. The Morgan fingerprint density at radius 1 is 1.37 bits per heavy atom. The van der Waals surface area contributed by atoms with Crippen molar-refractivity contribution in [3.63, 3.8) is 0 Å². The van der Waals surface area contributed by atoms with E-state index in [9.17, 15) is 4.79 Å². The van der Waals surface area contributed by atoms with Gasteiger partial charge < -0.3 is 10.6 Å². The number of nitrogens with one attached hydrogen (secondary N) is 2. The maximum absolute atomic E-state index is 12.2. The zero-order chi connectivity index (χ0) is 13.9. The summed E-state index contributed by atoms with van der Waals surface area (Å²) in [6, 6.07) is 8.59. The van der Waals surface area contributed by atoms with Crippen LogP contribution in [0.25, 0.3) is 0 Å². The van der Waals surface area contributed by atoms with Crippen LogP contribution in [0.4, 0.5) is 5.69 Å². The lowest BCUT2D eigenvalue weighted by Crippen LogP contribution is -2.47. The minimum Gasteiger partial charge on any atom is -0.324 e. The number of nitriles is 2. The van der Waals surface area contributed by atoms with Crippen molar-refractivity contribution in [2.75, 3.05) is 11.9 Å². The molecule has 1 aromatic rings. The van der Waals surface area contributed by atoms with Crippen molar-refractivity contribution in [2.45, 2.75) is 25.3 Å². The van der Waals surface area contributed by atoms with E-state index in [1.54, 1.807) is 12.1 Å². The van der Waals surface area contributed by atoms with E-state index in [0.717, 1.165) is 19.4 Å². The summed E-state index contributed by atoms with van der Waals surface area (Å²) in [5.74, 6) is -0.112. The molecule has 96 valence electrons. The van der Waals surface area contributed by atoms with E-state index in [2.05, 4.69) is 10.6 Å². The lowest BCUT2D eigenvalue weighted by Gasteiger charge is -2.23. The molecule has 1 fully saturated rings. The van der Waals surface area contributed by atoms with Gasteiger partial charge in [-0.1, -0.05) is 0 Å². The van der Waals surface area contributed by atoms with Crippen LogP contribution < -0.4 is 10.6 Å². The Labute approximate surface area is 111 Å². The molecule has 1 unspecified atom stereocenters. The number of amides is 1. The molecule has 5 nitrogen and oxygen atoms in total. The molecule has 1 aliphatic heterocycles. The SMILES string of the molecule is CC1(C(=O)Nc2ccc(C#N)c(C#N)c2)CCCN1. The average molecular weight is 254 g/mol. The molecule has 0 bridgehead atoms. The number of carbonyl (C=O) groups is 1. The molecule has 0 saturated carbocycles. The van der Waals surface area contributed by atoms with E-state index >= 15 is 0 Å². The minimum absolute atomic E-state index is 0.112. The summed E-state index contributed by atoms with van der Waals surface area (Å²) in [7, 11) is 0. The number of anilines is 1. The van der Waals surface area contributed by atoms with Gasteiger partial charge in [-0.25, -0.2) is 0 Å². The molecule has 1 aromatic carbocycles. The van der Waals surface area contributed by atoms with Crippen LogP contribution in [0.5, 0.6) is 0 Å². The molecule has 1 heterocycles. The Hall–Kier alpha value is -2.37. The predicted octanol–water partition coefficient (Wildman–Crippen LogP) is 1.51. The fourth-order valence-electron chi connectivity index (χ4n) is 2.17. The van der Waals surface area contributed by atoms with Crippen LogP contribution in [0.15, 0.2) is 18.2 Å². The van der Waals surface area contributed by atoms with Gasteiger partial charge >= 0.3 is 0 Å². The second kappa shape index (κ2) is 5.09. The van der Waals surface area contributed by atoms with Crippen molar-refractivity contribution in [3.05, 3.63) is 29.3 Å². The Morgan fingerprint density at radius 3 is 2.68 bits per heavy atom. The van der Waals surface area contributed by atoms with Crippen LogP contribution in [0.3, 0.4) is 0 Å². The number of benzene rings is 1. The average Bonchev–Trinajstić information content (AvgIpc) is 2.87. The van der Waals surface area contributed by atoms with Crippen molar-refractivity contribution in [1.82, 2.24) is 5.32 Å². The predicted molar refractivity (Wildman–Crippen MR) is 70.1 cm³/mol. The fraction of sp³-hybridized carbons (Fsp3) is 0.357. The first-order valence-corrected chi connectivity index (χ1v) is 6.10. The maximum atomic E-state index is 12.2. The summed E-state index contributed by atoms with van der Waals surface area (Å²) in [6.45, 7) is 2.70. The first-order valence-electron chi connectivity index (χ1n) is 6.10. The van der Waals surface area contributed by atoms with E-state index in [4.69, 9.17) is 10.5 Å². The quantitative estimate of drug-likeness (QED) is 0.837. The van der Waals surface area contributed by atoms with Gasteiger partial charge in [0.15, 0.2) is 0 Å². The van der Waals surface area contributed by atoms with Gasteiger partial charge in [0.1, 0.15) is 12.1 Å². The number of carbonyl (C=O) groups excluding carboxylic acids is 1. The monoisotopic (exact) mass is 254 g/mol. The highest BCUT2D eigenvalue weighted by atomic mass is 16.2. The Bertz CT molecular complexity index is 588. The molecule has 2 rings (SSSR count). The second-order valence-corrected chi connectivity index (χ2v) is 4.80. The van der Waals surface area contributed by atoms with Gasteiger partial charge in [0.25, 0.3) is 0 Å². The first kappa shape index (κ1) is 13.1. The summed E-state index contributed by atoms with van der Waals surface area (Å²) in [4.78, 5) is 12.2. The van der Waals surface area contributed by atoms with Crippen molar-refractivity contribution in [3.8, 4) is 12.1 Å². The lowest BCUT2D eigenvalue weighted by molar-refractivity contribution is -0.121. The standard InChI is InChI=1S/C14H14N4O/c1-14(5-2-6-17-14)13(19)18-12-4-3-10(8-15)11(7-12)9-16/h3-4,7,17H,2,5-6H2,1H3,(H,18,19). The van der Waals surface area contributed by atoms with Crippen LogP contribution >= 0.6 is 0 Å². The number of rotatable bonds is 2. The van der Waals surface area contributed by atoms with Crippen LogP contribution in [0.1, 0.15) is 30.9 Å². The third-order valence-corrected chi connectivity index (χ3v) is 3.39. The van der Waals surface area contributed by atoms with Gasteiger partial charge in [-0.2, -0.15) is 10.5 Å². The van der Waals surface area contributed by atoms with Crippen LogP contribution in [-0.4, -0.2) is 18.0 Å². The topological polar surface area (TPSA) is 88.7 Å². The molecule has 0 spiro atoms. The maximum Gasteiger partial charge on any atom is 0.244 e. The van der Waals surface area contributed by atoms with E-state index in [0.29, 0.717) is 11.3 Å². The van der Waals surface area contributed by atoms with Gasteiger partial charge in [-0.05, 0) is 44.5 Å². The molecule has 19 heavy (non-hydrogen) atoms. The molecule has 0 aliphatic carbocycles. The zero-order valence-corrected chi connectivity index (χ0v) is 10.7. The molecule has 1 amide bonds. The van der Waals surface area contributed by atoms with Crippen molar-refractivity contribution >= 4 is 11.6 Å². The van der Waals surface area contributed by atoms with Crippen LogP contribution in [0, 0.1) is 22.7 Å². The molecule has 1 saturated heterocycles. The summed E-state index contributed by atoms with van der Waals surface area (Å²) < 4.78 is 0. The highest BCUT2D eigenvalue weighted by molar-refractivity contribution is 5.98. The van der Waals surface area contributed by atoms with Gasteiger partial charge in [0, 0.05) is 5.69 Å². The largest absolute Gasteiger partial charge is 0.324 e. The molecular formula is C14H14N4O. The summed E-state index contributed by atoms with van der Waals surface area (Å²) in [5, 5.41) is 23.7. The summed E-state index contributed by atoms with van der Waals surface area (Å²) in [6.07, 6.45) is 1.76. The van der Waals surface area contributed by atoms with Gasteiger partial charge in [0.05, 0.1) is 16.7 Å². The van der Waals surface area contributed by atoms with Crippen molar-refractivity contribution in [1.29, 1.82) is 10.5 Å². The van der Waals surface area contributed by atoms with Crippen molar-refractivity contribution in [2.24, 2.45) is 0 Å². The van der Waals surface area contributed by atoms with Crippen LogP contribution in [0.2, 0.25) is 0 Å². The van der Waals surface area contributed by atoms with E-state index in [1.807, 2.05) is 19.1 Å². The molecule has 1 atom stereocenters. The molecule has 0 aromatic heterocycles. The smallest absolute Gasteiger partial charge is 0.244 e. The molecule has 1 aliphatic rings. The van der Waals surface area contributed by atoms with E-state index < -0.39 is 5.54 Å². The number of hydrogen-bond acceptors (Lipinski definition) is 4. The number of nitrogens with zero attached hydrogens (tertiary/aromatic N) is 2. The molecule has 5 heteroatoms. The van der Waals surface area contributed by atoms with E-state index in [1.165, 1.54) is 6.07 Å². The first-order chi connectivity index (χ1) is 9.09. The number of hydrogen-bond donors (Lipinski definition) is 2. The normalized spacial score (nSPS) is 21.4. The Kier molecular flexibility index (Phi) is 3.50. The minimum atomic E-state index is -0.555. The van der Waals surface area contributed by atoms with Gasteiger partial charge in [0.2, 0.25) is 5.91 Å². The Morgan fingerprint density at radius 2 is 2.11 bits per heavy atom. The molecular weight excluding hydrogens is 240 g/mol. The van der Waals surface area contributed by atoms with Crippen molar-refractivity contribution < 1.29 is 4.79 Å². The summed E-state index contributed by atoms with van der Waals surface area (Å²) >= 11 is 0. The Balaban J connectivity index is 2.18. The zero-order valence-electron chi connectivity index (χ0n) is 10.7. The highest BCUT2D eigenvalue weighted by Gasteiger charge is 2.35.